The highest BCUT2D eigenvalue weighted by atomic mass is 16.2. The van der Waals surface area contributed by atoms with E-state index in [9.17, 15) is 9.59 Å². The van der Waals surface area contributed by atoms with Gasteiger partial charge in [0.2, 0.25) is 5.91 Å². The Labute approximate surface area is 140 Å². The molecule has 128 valence electrons. The number of aromatic nitrogens is 4. The van der Waals surface area contributed by atoms with Gasteiger partial charge < -0.3 is 9.88 Å². The second-order valence-electron chi connectivity index (χ2n) is 7.05. The van der Waals surface area contributed by atoms with Crippen molar-refractivity contribution in [2.45, 2.75) is 51.0 Å². The molecule has 2 fully saturated rings. The lowest BCUT2D eigenvalue weighted by Crippen LogP contribution is -2.43. The lowest BCUT2D eigenvalue weighted by atomic mass is 10.0. The minimum absolute atomic E-state index is 0.0116. The third-order valence-electron chi connectivity index (χ3n) is 5.43. The maximum Gasteiger partial charge on any atom is 0.328 e. The molecule has 0 aromatic carbocycles. The van der Waals surface area contributed by atoms with E-state index < -0.39 is 0 Å². The maximum absolute atomic E-state index is 12.6. The predicted octanol–water partition coefficient (Wildman–Crippen LogP) is 1.86. The molecule has 1 atom stereocenters. The van der Waals surface area contributed by atoms with Gasteiger partial charge in [0.05, 0.1) is 12.2 Å². The highest BCUT2D eigenvalue weighted by molar-refractivity contribution is 5.76. The Morgan fingerprint density at radius 3 is 2.92 bits per heavy atom. The summed E-state index contributed by atoms with van der Waals surface area (Å²) in [5, 5.41) is 0. The van der Waals surface area contributed by atoms with E-state index in [-0.39, 0.29) is 17.6 Å². The van der Waals surface area contributed by atoms with Crippen molar-refractivity contribution in [3.8, 4) is 0 Å². The summed E-state index contributed by atoms with van der Waals surface area (Å²) in [6, 6.07) is -0.0116. The van der Waals surface area contributed by atoms with Crippen LogP contribution in [0.3, 0.4) is 0 Å². The van der Waals surface area contributed by atoms with Crippen molar-refractivity contribution in [3.05, 3.63) is 23.0 Å². The summed E-state index contributed by atoms with van der Waals surface area (Å²) in [5.74, 6) is 0.801. The average Bonchev–Trinajstić information content (AvgIpc) is 3.21. The molecule has 1 N–H and O–H groups in total. The van der Waals surface area contributed by atoms with Crippen molar-refractivity contribution in [1.82, 2.24) is 24.4 Å². The highest BCUT2D eigenvalue weighted by Crippen LogP contribution is 2.29. The van der Waals surface area contributed by atoms with E-state index in [1.165, 1.54) is 32.0 Å². The molecule has 24 heavy (non-hydrogen) atoms. The van der Waals surface area contributed by atoms with Crippen molar-refractivity contribution in [3.63, 3.8) is 0 Å². The summed E-state index contributed by atoms with van der Waals surface area (Å²) >= 11 is 0. The lowest BCUT2D eigenvalue weighted by molar-refractivity contribution is -0.133. The van der Waals surface area contributed by atoms with Gasteiger partial charge in [-0.3, -0.25) is 9.36 Å². The molecule has 2 aliphatic rings. The summed E-state index contributed by atoms with van der Waals surface area (Å²) in [4.78, 5) is 37.9. The fourth-order valence-electron chi connectivity index (χ4n) is 4.20. The average molecular weight is 329 g/mol. The van der Waals surface area contributed by atoms with Crippen LogP contribution in [0.5, 0.6) is 0 Å². The zero-order valence-electron chi connectivity index (χ0n) is 13.8. The maximum atomic E-state index is 12.6. The predicted molar refractivity (Wildman–Crippen MR) is 89.6 cm³/mol. The minimum atomic E-state index is -0.166. The number of imidazole rings is 1. The monoisotopic (exact) mass is 329 g/mol. The number of likely N-dealkylation sites (tertiary alicyclic amines) is 1. The quantitative estimate of drug-likeness (QED) is 0.931. The van der Waals surface area contributed by atoms with Crippen LogP contribution in [-0.2, 0) is 4.79 Å². The first-order chi connectivity index (χ1) is 11.7. The molecule has 1 saturated heterocycles. The number of nitrogens with one attached hydrogen (secondary N) is 1. The molecule has 1 amide bonds. The SMILES string of the molecule is O=C(CC1CCCC1)N1CCCC(n2c(=O)[nH]c3cncnc32)C1. The third kappa shape index (κ3) is 2.83. The van der Waals surface area contributed by atoms with E-state index in [4.69, 9.17) is 0 Å². The van der Waals surface area contributed by atoms with Gasteiger partial charge in [-0.2, -0.15) is 0 Å². The largest absolute Gasteiger partial charge is 0.341 e. The Balaban J connectivity index is 1.52. The van der Waals surface area contributed by atoms with Gasteiger partial charge in [0, 0.05) is 19.5 Å². The first kappa shape index (κ1) is 15.4. The van der Waals surface area contributed by atoms with E-state index in [0.717, 1.165) is 19.4 Å². The van der Waals surface area contributed by atoms with Crippen molar-refractivity contribution < 1.29 is 4.79 Å². The highest BCUT2D eigenvalue weighted by Gasteiger charge is 2.29. The van der Waals surface area contributed by atoms with Crippen LogP contribution >= 0.6 is 0 Å². The summed E-state index contributed by atoms with van der Waals surface area (Å²) in [6.45, 7) is 1.40. The topological polar surface area (TPSA) is 83.9 Å². The van der Waals surface area contributed by atoms with Crippen LogP contribution < -0.4 is 5.69 Å². The van der Waals surface area contributed by atoms with E-state index in [2.05, 4.69) is 15.0 Å². The van der Waals surface area contributed by atoms with Gasteiger partial charge in [-0.1, -0.05) is 12.8 Å². The smallest absolute Gasteiger partial charge is 0.328 e. The molecule has 0 spiro atoms. The van der Waals surface area contributed by atoms with Gasteiger partial charge in [0.1, 0.15) is 11.8 Å². The molecule has 7 nitrogen and oxygen atoms in total. The zero-order chi connectivity index (χ0) is 16.5. The van der Waals surface area contributed by atoms with Crippen LogP contribution in [0.4, 0.5) is 0 Å². The van der Waals surface area contributed by atoms with Crippen LogP contribution in [0.15, 0.2) is 17.3 Å². The van der Waals surface area contributed by atoms with Gasteiger partial charge in [-0.25, -0.2) is 14.8 Å². The van der Waals surface area contributed by atoms with Crippen molar-refractivity contribution in [2.75, 3.05) is 13.1 Å². The normalized spacial score (nSPS) is 22.3. The van der Waals surface area contributed by atoms with Crippen molar-refractivity contribution in [1.29, 1.82) is 0 Å². The van der Waals surface area contributed by atoms with Gasteiger partial charge in [0.25, 0.3) is 0 Å². The minimum Gasteiger partial charge on any atom is -0.341 e. The molecule has 4 rings (SSSR count). The number of H-pyrrole nitrogens is 1. The van der Waals surface area contributed by atoms with Crippen LogP contribution in [0.1, 0.15) is 51.0 Å². The van der Waals surface area contributed by atoms with Crippen LogP contribution in [0.2, 0.25) is 0 Å². The number of fused-ring (bicyclic) bond motifs is 1. The number of rotatable bonds is 3. The van der Waals surface area contributed by atoms with Crippen LogP contribution in [0, 0.1) is 5.92 Å². The lowest BCUT2D eigenvalue weighted by Gasteiger charge is -2.33. The van der Waals surface area contributed by atoms with Crippen LogP contribution in [0.25, 0.3) is 11.2 Å². The summed E-state index contributed by atoms with van der Waals surface area (Å²) in [7, 11) is 0. The molecule has 2 aromatic rings. The molecule has 1 aliphatic heterocycles. The number of carbonyl (C=O) groups is 1. The Morgan fingerprint density at radius 2 is 2.08 bits per heavy atom. The second kappa shape index (κ2) is 6.37. The Hall–Kier alpha value is -2.18. The fourth-order valence-corrected chi connectivity index (χ4v) is 4.20. The molecular formula is C17H23N5O2. The molecule has 1 unspecified atom stereocenters. The van der Waals surface area contributed by atoms with Crippen LogP contribution in [-0.4, -0.2) is 43.4 Å². The van der Waals surface area contributed by atoms with E-state index in [1.807, 2.05) is 4.90 Å². The Morgan fingerprint density at radius 1 is 1.25 bits per heavy atom. The van der Waals surface area contributed by atoms with Gasteiger partial charge in [0.15, 0.2) is 5.65 Å². The van der Waals surface area contributed by atoms with Gasteiger partial charge >= 0.3 is 5.69 Å². The van der Waals surface area contributed by atoms with Gasteiger partial charge in [-0.05, 0) is 31.6 Å². The molecule has 1 aliphatic carbocycles. The zero-order valence-corrected chi connectivity index (χ0v) is 13.8. The van der Waals surface area contributed by atoms with E-state index in [0.29, 0.717) is 30.0 Å². The Kier molecular flexibility index (Phi) is 4.08. The first-order valence-electron chi connectivity index (χ1n) is 8.90. The van der Waals surface area contributed by atoms with Gasteiger partial charge in [-0.15, -0.1) is 0 Å². The summed E-state index contributed by atoms with van der Waals surface area (Å²) in [5.41, 5.74) is 1.11. The van der Waals surface area contributed by atoms with E-state index in [1.54, 1.807) is 10.8 Å². The number of amides is 1. The molecular weight excluding hydrogens is 306 g/mol. The number of carbonyl (C=O) groups excluding carboxylic acids is 1. The molecule has 1 saturated carbocycles. The Bertz CT molecular complexity index is 790. The van der Waals surface area contributed by atoms with E-state index >= 15 is 0 Å². The number of nitrogens with zero attached hydrogens (tertiary/aromatic N) is 4. The number of hydrogen-bond acceptors (Lipinski definition) is 4. The molecule has 2 aromatic heterocycles. The first-order valence-corrected chi connectivity index (χ1v) is 8.90. The summed E-state index contributed by atoms with van der Waals surface area (Å²) < 4.78 is 1.70. The number of aromatic amines is 1. The van der Waals surface area contributed by atoms with Crippen molar-refractivity contribution >= 4 is 17.1 Å². The second-order valence-corrected chi connectivity index (χ2v) is 7.05. The molecule has 0 radical (unpaired) electrons. The summed E-state index contributed by atoms with van der Waals surface area (Å²) in [6.07, 6.45) is 10.4. The molecule has 0 bridgehead atoms. The third-order valence-corrected chi connectivity index (χ3v) is 5.43. The molecule has 3 heterocycles. The number of piperidine rings is 1. The molecule has 7 heteroatoms. The number of hydrogen-bond donors (Lipinski definition) is 1. The standard InChI is InChI=1S/C17H23N5O2/c23-15(8-12-4-1-2-5-12)21-7-3-6-13(10-21)22-16-14(20-17(22)24)9-18-11-19-16/h9,11-13H,1-8,10H2,(H,20,24). The fraction of sp³-hybridized carbons (Fsp3) is 0.647. The van der Waals surface area contributed by atoms with Crippen molar-refractivity contribution in [2.24, 2.45) is 5.92 Å².